The van der Waals surface area contributed by atoms with Gasteiger partial charge in [0.05, 0.1) is 18.3 Å². The molecular weight excluding hydrogens is 282 g/mol. The number of carbonyl (C=O) groups is 1. The van der Waals surface area contributed by atoms with Crippen molar-refractivity contribution in [2.75, 3.05) is 52.4 Å². The number of ether oxygens (including phenoxy) is 2. The number of nitrogens with two attached hydrogens (primary N) is 1. The molecule has 1 amide bonds. The summed E-state index contributed by atoms with van der Waals surface area (Å²) in [6, 6.07) is 5.53. The summed E-state index contributed by atoms with van der Waals surface area (Å²) in [6.07, 6.45) is 0.909. The number of rotatable bonds is 7. The molecule has 0 radical (unpaired) electrons. The second-order valence-corrected chi connectivity index (χ2v) is 5.78. The number of hydrogen-bond acceptors (Lipinski definition) is 5. The minimum Gasteiger partial charge on any atom is -0.482 e. The first-order valence-electron chi connectivity index (χ1n) is 7.49. The van der Waals surface area contributed by atoms with Crippen LogP contribution in [0.3, 0.4) is 0 Å². The first kappa shape index (κ1) is 16.7. The second-order valence-electron chi connectivity index (χ2n) is 5.78. The van der Waals surface area contributed by atoms with E-state index < -0.39 is 0 Å². The minimum absolute atomic E-state index is 0.0104. The lowest BCUT2D eigenvalue weighted by molar-refractivity contribution is -0.121. The fourth-order valence-electron chi connectivity index (χ4n) is 2.52. The molecule has 0 saturated heterocycles. The number of nitrogens with zero attached hydrogens (tertiary/aromatic N) is 2. The van der Waals surface area contributed by atoms with Crippen LogP contribution < -0.4 is 15.4 Å². The molecule has 0 spiro atoms. The molecule has 1 aromatic rings. The molecule has 0 saturated carbocycles. The normalized spacial score (nSPS) is 15.7. The van der Waals surface area contributed by atoms with Crippen molar-refractivity contribution < 1.29 is 14.3 Å². The van der Waals surface area contributed by atoms with Crippen molar-refractivity contribution in [2.45, 2.75) is 12.5 Å². The van der Waals surface area contributed by atoms with Crippen LogP contribution in [0.25, 0.3) is 0 Å². The summed E-state index contributed by atoms with van der Waals surface area (Å²) in [5, 5.41) is 0. The molecule has 1 heterocycles. The molecule has 0 fully saturated rings. The summed E-state index contributed by atoms with van der Waals surface area (Å²) in [7, 11) is 5.67. The number of methoxy groups -OCH3 is 1. The highest BCUT2D eigenvalue weighted by Crippen LogP contribution is 2.34. The third-order valence-corrected chi connectivity index (χ3v) is 3.69. The lowest BCUT2D eigenvalue weighted by Gasteiger charge is -2.30. The maximum absolute atomic E-state index is 12.2. The number of amides is 1. The number of hydrogen-bond donors (Lipinski definition) is 1. The lowest BCUT2D eigenvalue weighted by Crippen LogP contribution is -2.40. The highest BCUT2D eigenvalue weighted by Gasteiger charge is 2.26. The third kappa shape index (κ3) is 3.97. The van der Waals surface area contributed by atoms with Gasteiger partial charge in [0.25, 0.3) is 5.91 Å². The molecule has 1 aliphatic heterocycles. The molecule has 0 aliphatic carbocycles. The Morgan fingerprint density at radius 1 is 1.45 bits per heavy atom. The van der Waals surface area contributed by atoms with Crippen LogP contribution in [0.5, 0.6) is 5.75 Å². The molecule has 6 heteroatoms. The van der Waals surface area contributed by atoms with Crippen molar-refractivity contribution in [3.05, 3.63) is 23.8 Å². The Balaban J connectivity index is 2.19. The van der Waals surface area contributed by atoms with Crippen molar-refractivity contribution in [3.8, 4) is 5.75 Å². The molecule has 1 aromatic carbocycles. The van der Waals surface area contributed by atoms with E-state index in [0.717, 1.165) is 30.0 Å². The van der Waals surface area contributed by atoms with E-state index in [1.165, 1.54) is 0 Å². The van der Waals surface area contributed by atoms with Gasteiger partial charge >= 0.3 is 0 Å². The summed E-state index contributed by atoms with van der Waals surface area (Å²) in [4.78, 5) is 16.1. The van der Waals surface area contributed by atoms with Gasteiger partial charge < -0.3 is 25.0 Å². The van der Waals surface area contributed by atoms with Crippen molar-refractivity contribution in [2.24, 2.45) is 5.73 Å². The number of benzene rings is 1. The van der Waals surface area contributed by atoms with Gasteiger partial charge in [-0.3, -0.25) is 4.79 Å². The number of fused-ring (bicyclic) bond motifs is 1. The SMILES string of the molecule is COCC(N)c1ccc2c(c1)N(CCCN(C)C)C(=O)CO2. The number of anilines is 1. The van der Waals surface area contributed by atoms with Gasteiger partial charge in [-0.15, -0.1) is 0 Å². The Labute approximate surface area is 131 Å². The Morgan fingerprint density at radius 2 is 2.23 bits per heavy atom. The minimum atomic E-state index is -0.212. The van der Waals surface area contributed by atoms with Crippen LogP contribution in [-0.4, -0.2) is 58.3 Å². The van der Waals surface area contributed by atoms with Gasteiger partial charge in [0.1, 0.15) is 5.75 Å². The van der Waals surface area contributed by atoms with Crippen LogP contribution in [0.15, 0.2) is 18.2 Å². The van der Waals surface area contributed by atoms with Crippen LogP contribution >= 0.6 is 0 Å². The van der Waals surface area contributed by atoms with E-state index in [9.17, 15) is 4.79 Å². The average molecular weight is 307 g/mol. The highest BCUT2D eigenvalue weighted by atomic mass is 16.5. The van der Waals surface area contributed by atoms with E-state index in [1.807, 2.05) is 32.3 Å². The topological polar surface area (TPSA) is 68.0 Å². The van der Waals surface area contributed by atoms with Crippen molar-refractivity contribution in [3.63, 3.8) is 0 Å². The molecule has 2 N–H and O–H groups in total. The zero-order chi connectivity index (χ0) is 16.1. The Kier molecular flexibility index (Phi) is 5.76. The highest BCUT2D eigenvalue weighted by molar-refractivity contribution is 5.97. The van der Waals surface area contributed by atoms with Crippen LogP contribution in [0.4, 0.5) is 5.69 Å². The van der Waals surface area contributed by atoms with E-state index in [-0.39, 0.29) is 18.6 Å². The van der Waals surface area contributed by atoms with Crippen molar-refractivity contribution in [1.82, 2.24) is 4.90 Å². The molecular formula is C16H25N3O3. The Hall–Kier alpha value is -1.63. The monoisotopic (exact) mass is 307 g/mol. The fourth-order valence-corrected chi connectivity index (χ4v) is 2.52. The van der Waals surface area contributed by atoms with Gasteiger partial charge in [0.2, 0.25) is 0 Å². The maximum atomic E-state index is 12.2. The van der Waals surface area contributed by atoms with E-state index >= 15 is 0 Å². The zero-order valence-electron chi connectivity index (χ0n) is 13.5. The molecule has 1 atom stereocenters. The summed E-state index contributed by atoms with van der Waals surface area (Å²) in [6.45, 7) is 2.14. The predicted molar refractivity (Wildman–Crippen MR) is 86.3 cm³/mol. The molecule has 2 rings (SSSR count). The van der Waals surface area contributed by atoms with Crippen molar-refractivity contribution in [1.29, 1.82) is 0 Å². The Bertz CT molecular complexity index is 519. The predicted octanol–water partition coefficient (Wildman–Crippen LogP) is 1.01. The Morgan fingerprint density at radius 3 is 2.91 bits per heavy atom. The van der Waals surface area contributed by atoms with Gasteiger partial charge in [0.15, 0.2) is 6.61 Å². The van der Waals surface area contributed by atoms with Gasteiger partial charge in [-0.2, -0.15) is 0 Å². The lowest BCUT2D eigenvalue weighted by atomic mass is 10.1. The van der Waals surface area contributed by atoms with E-state index in [1.54, 1.807) is 12.0 Å². The maximum Gasteiger partial charge on any atom is 0.265 e. The smallest absolute Gasteiger partial charge is 0.265 e. The quantitative estimate of drug-likeness (QED) is 0.814. The van der Waals surface area contributed by atoms with Crippen molar-refractivity contribution >= 4 is 11.6 Å². The summed E-state index contributed by atoms with van der Waals surface area (Å²) >= 11 is 0. The standard InChI is InChI=1S/C16H25N3O3/c1-18(2)7-4-8-19-14-9-12(13(17)10-21-3)5-6-15(14)22-11-16(19)20/h5-6,9,13H,4,7-8,10-11,17H2,1-3H3. The molecule has 1 unspecified atom stereocenters. The molecule has 122 valence electrons. The first-order chi connectivity index (χ1) is 10.5. The van der Waals surface area contributed by atoms with Gasteiger partial charge in [-0.25, -0.2) is 0 Å². The molecule has 22 heavy (non-hydrogen) atoms. The summed E-state index contributed by atoms with van der Waals surface area (Å²) < 4.78 is 10.6. The van der Waals surface area contributed by atoms with Gasteiger partial charge in [0, 0.05) is 13.7 Å². The van der Waals surface area contributed by atoms with Crippen LogP contribution in [-0.2, 0) is 9.53 Å². The van der Waals surface area contributed by atoms with E-state index in [2.05, 4.69) is 4.90 Å². The summed E-state index contributed by atoms with van der Waals surface area (Å²) in [5.74, 6) is 0.724. The molecule has 1 aliphatic rings. The van der Waals surface area contributed by atoms with Gasteiger partial charge in [-0.05, 0) is 44.8 Å². The van der Waals surface area contributed by atoms with Crippen LogP contribution in [0.1, 0.15) is 18.0 Å². The van der Waals surface area contributed by atoms with Crippen LogP contribution in [0.2, 0.25) is 0 Å². The second kappa shape index (κ2) is 7.58. The molecule has 0 aromatic heterocycles. The van der Waals surface area contributed by atoms with E-state index in [0.29, 0.717) is 13.2 Å². The van der Waals surface area contributed by atoms with Gasteiger partial charge in [-0.1, -0.05) is 6.07 Å². The van der Waals surface area contributed by atoms with E-state index in [4.69, 9.17) is 15.2 Å². The first-order valence-corrected chi connectivity index (χ1v) is 7.49. The average Bonchev–Trinajstić information content (AvgIpc) is 2.49. The third-order valence-electron chi connectivity index (χ3n) is 3.69. The van der Waals surface area contributed by atoms with Crippen LogP contribution in [0, 0.1) is 0 Å². The molecule has 6 nitrogen and oxygen atoms in total. The summed E-state index contributed by atoms with van der Waals surface area (Å²) in [5.41, 5.74) is 7.83. The zero-order valence-corrected chi connectivity index (χ0v) is 13.5. The molecule has 0 bridgehead atoms. The largest absolute Gasteiger partial charge is 0.482 e. The number of carbonyl (C=O) groups excluding carboxylic acids is 1. The fraction of sp³-hybridized carbons (Fsp3) is 0.562.